The van der Waals surface area contributed by atoms with Gasteiger partial charge in [0.25, 0.3) is 5.79 Å². The Hall–Kier alpha value is -3.03. The molecule has 1 aromatic heterocycles. The van der Waals surface area contributed by atoms with Gasteiger partial charge in [-0.05, 0) is 67.1 Å². The number of nitrogens with zero attached hydrogens (tertiary/aromatic N) is 3. The lowest BCUT2D eigenvalue weighted by Crippen LogP contribution is -2.35. The topological polar surface area (TPSA) is 70.4 Å². The third kappa shape index (κ3) is 4.39. The average Bonchev–Trinajstić information content (AvgIpc) is 3.48. The van der Waals surface area contributed by atoms with Gasteiger partial charge < -0.3 is 19.5 Å². The minimum atomic E-state index is -0.791. The van der Waals surface area contributed by atoms with Crippen molar-refractivity contribution in [3.8, 4) is 11.4 Å². The second-order valence-corrected chi connectivity index (χ2v) is 10.1. The highest BCUT2D eigenvalue weighted by molar-refractivity contribution is 6.30. The standard InChI is InChI=1S/C27H29ClN4O3/c1-33-23-9-2-18(3-10-23)17-29-22-7-4-19(5-8-22)26-31-30-25-16-27(34-12-13-35-27)15-20-14-21(28)6-11-24(20)32(25)26/h2-3,6,9-14,19,22,29H,4-5,7-8,15-17H2,1H3. The summed E-state index contributed by atoms with van der Waals surface area (Å²) in [5, 5.41) is 13.7. The predicted octanol–water partition coefficient (Wildman–Crippen LogP) is 5.06. The van der Waals surface area contributed by atoms with Crippen LogP contribution in [0.5, 0.6) is 5.75 Å². The number of benzene rings is 2. The third-order valence-electron chi connectivity index (χ3n) is 7.39. The van der Waals surface area contributed by atoms with Crippen molar-refractivity contribution in [1.82, 2.24) is 20.1 Å². The van der Waals surface area contributed by atoms with Crippen molar-refractivity contribution in [2.24, 2.45) is 0 Å². The Kier molecular flexibility index (Phi) is 5.90. The second kappa shape index (κ2) is 9.21. The van der Waals surface area contributed by atoms with Gasteiger partial charge in [-0.3, -0.25) is 4.57 Å². The Morgan fingerprint density at radius 3 is 2.54 bits per heavy atom. The van der Waals surface area contributed by atoms with E-state index < -0.39 is 5.79 Å². The van der Waals surface area contributed by atoms with Gasteiger partial charge in [0.15, 0.2) is 0 Å². The molecule has 182 valence electrons. The van der Waals surface area contributed by atoms with Crippen LogP contribution in [0.4, 0.5) is 0 Å². The number of halogens is 1. The molecule has 1 aliphatic carbocycles. The van der Waals surface area contributed by atoms with Crippen molar-refractivity contribution in [2.75, 3.05) is 7.11 Å². The molecule has 0 radical (unpaired) electrons. The molecule has 6 rings (SSSR count). The summed E-state index contributed by atoms with van der Waals surface area (Å²) in [6.45, 7) is 0.865. The first kappa shape index (κ1) is 22.4. The van der Waals surface area contributed by atoms with E-state index in [-0.39, 0.29) is 0 Å². The van der Waals surface area contributed by atoms with Gasteiger partial charge in [-0.2, -0.15) is 0 Å². The van der Waals surface area contributed by atoms with Crippen molar-refractivity contribution in [3.05, 3.63) is 82.8 Å². The number of fused-ring (bicyclic) bond motifs is 3. The van der Waals surface area contributed by atoms with E-state index in [9.17, 15) is 0 Å². The smallest absolute Gasteiger partial charge is 0.260 e. The van der Waals surface area contributed by atoms with Crippen LogP contribution in [0.1, 0.15) is 54.4 Å². The summed E-state index contributed by atoms with van der Waals surface area (Å²) in [5.41, 5.74) is 3.42. The van der Waals surface area contributed by atoms with E-state index >= 15 is 0 Å². The van der Waals surface area contributed by atoms with Crippen molar-refractivity contribution < 1.29 is 14.2 Å². The van der Waals surface area contributed by atoms with Crippen LogP contribution < -0.4 is 10.1 Å². The lowest BCUT2D eigenvalue weighted by atomic mass is 9.85. The molecule has 0 bridgehead atoms. The zero-order valence-electron chi connectivity index (χ0n) is 19.7. The maximum Gasteiger partial charge on any atom is 0.260 e. The molecule has 3 aliphatic rings. The molecule has 0 atom stereocenters. The fourth-order valence-corrected chi connectivity index (χ4v) is 5.73. The van der Waals surface area contributed by atoms with Crippen LogP contribution in [0.2, 0.25) is 5.02 Å². The van der Waals surface area contributed by atoms with Gasteiger partial charge in [0.05, 0.1) is 25.6 Å². The molecule has 3 aromatic rings. The molecule has 35 heavy (non-hydrogen) atoms. The summed E-state index contributed by atoms with van der Waals surface area (Å²) >= 11 is 6.37. The SMILES string of the molecule is COc1ccc(CNC2CCC(c3nnc4n3-c3ccc(Cl)cc3CC3(C4)OC=CO3)CC2)cc1. The maximum absolute atomic E-state index is 6.37. The highest BCUT2D eigenvalue weighted by Crippen LogP contribution is 2.39. The summed E-state index contributed by atoms with van der Waals surface area (Å²) < 4.78 is 19.3. The van der Waals surface area contributed by atoms with Crippen molar-refractivity contribution in [3.63, 3.8) is 0 Å². The molecular formula is C27H29ClN4O3. The van der Waals surface area contributed by atoms with Crippen LogP contribution in [0, 0.1) is 0 Å². The number of rotatable bonds is 5. The number of hydrogen-bond acceptors (Lipinski definition) is 6. The molecule has 1 saturated carbocycles. The van der Waals surface area contributed by atoms with Gasteiger partial charge in [-0.25, -0.2) is 0 Å². The quantitative estimate of drug-likeness (QED) is 0.537. The third-order valence-corrected chi connectivity index (χ3v) is 7.63. The monoisotopic (exact) mass is 492 g/mol. The van der Waals surface area contributed by atoms with Crippen molar-refractivity contribution >= 4 is 11.6 Å². The second-order valence-electron chi connectivity index (χ2n) is 9.63. The minimum Gasteiger partial charge on any atom is -0.497 e. The minimum absolute atomic E-state index is 0.358. The van der Waals surface area contributed by atoms with Gasteiger partial charge in [0, 0.05) is 23.5 Å². The van der Waals surface area contributed by atoms with Crippen LogP contribution >= 0.6 is 11.6 Å². The van der Waals surface area contributed by atoms with Crippen LogP contribution in [0.3, 0.4) is 0 Å². The van der Waals surface area contributed by atoms with Gasteiger partial charge in [0.2, 0.25) is 0 Å². The molecule has 0 saturated heterocycles. The largest absolute Gasteiger partial charge is 0.497 e. The van der Waals surface area contributed by atoms with Crippen molar-refractivity contribution in [2.45, 2.75) is 62.8 Å². The number of methoxy groups -OCH3 is 1. The van der Waals surface area contributed by atoms with E-state index in [0.29, 0.717) is 29.8 Å². The Labute approximate surface area is 210 Å². The van der Waals surface area contributed by atoms with Gasteiger partial charge >= 0.3 is 0 Å². The molecular weight excluding hydrogens is 464 g/mol. The normalized spacial score (nSPS) is 22.1. The number of aromatic nitrogens is 3. The van der Waals surface area contributed by atoms with Crippen LogP contribution in [0.25, 0.3) is 5.69 Å². The lowest BCUT2D eigenvalue weighted by molar-refractivity contribution is -0.139. The molecule has 3 heterocycles. The first-order valence-electron chi connectivity index (χ1n) is 12.2. The fourth-order valence-electron chi connectivity index (χ4n) is 5.54. The highest BCUT2D eigenvalue weighted by Gasteiger charge is 2.42. The summed E-state index contributed by atoms with van der Waals surface area (Å²) in [6, 6.07) is 14.8. The molecule has 8 heteroatoms. The average molecular weight is 493 g/mol. The molecule has 2 aliphatic heterocycles. The van der Waals surface area contributed by atoms with Crippen LogP contribution in [-0.2, 0) is 28.9 Å². The van der Waals surface area contributed by atoms with E-state index in [1.165, 1.54) is 5.56 Å². The zero-order chi connectivity index (χ0) is 23.8. The van der Waals surface area contributed by atoms with Gasteiger partial charge in [-0.15, -0.1) is 10.2 Å². The van der Waals surface area contributed by atoms with Crippen LogP contribution in [-0.4, -0.2) is 33.7 Å². The van der Waals surface area contributed by atoms with Crippen molar-refractivity contribution in [1.29, 1.82) is 0 Å². The lowest BCUT2D eigenvalue weighted by Gasteiger charge is -2.29. The van der Waals surface area contributed by atoms with Gasteiger partial charge in [-0.1, -0.05) is 23.7 Å². The van der Waals surface area contributed by atoms with E-state index in [4.69, 9.17) is 30.9 Å². The number of hydrogen-bond donors (Lipinski definition) is 1. The Bertz CT molecular complexity index is 1220. The number of ether oxygens (including phenoxy) is 3. The van der Waals surface area contributed by atoms with Gasteiger partial charge in [0.1, 0.15) is 29.9 Å². The van der Waals surface area contributed by atoms with E-state index in [0.717, 1.165) is 60.9 Å². The highest BCUT2D eigenvalue weighted by atomic mass is 35.5. The summed E-state index contributed by atoms with van der Waals surface area (Å²) in [5.74, 6) is 2.35. The van der Waals surface area contributed by atoms with Crippen LogP contribution in [0.15, 0.2) is 55.0 Å². The molecule has 1 N–H and O–H groups in total. The van der Waals surface area contributed by atoms with E-state index in [1.807, 2.05) is 24.3 Å². The fraction of sp³-hybridized carbons (Fsp3) is 0.407. The zero-order valence-corrected chi connectivity index (χ0v) is 20.5. The molecule has 7 nitrogen and oxygen atoms in total. The van der Waals surface area contributed by atoms with E-state index in [2.05, 4.69) is 33.2 Å². The Balaban J connectivity index is 1.18. The first-order valence-corrected chi connectivity index (χ1v) is 12.6. The predicted molar refractivity (Wildman–Crippen MR) is 133 cm³/mol. The molecule has 0 amide bonds. The Morgan fingerprint density at radius 2 is 1.80 bits per heavy atom. The first-order chi connectivity index (χ1) is 17.1. The molecule has 1 fully saturated rings. The summed E-state index contributed by atoms with van der Waals surface area (Å²) in [7, 11) is 1.69. The van der Waals surface area contributed by atoms with E-state index in [1.54, 1.807) is 19.6 Å². The summed E-state index contributed by atoms with van der Waals surface area (Å²) in [4.78, 5) is 0. The molecule has 0 unspecified atom stereocenters. The summed E-state index contributed by atoms with van der Waals surface area (Å²) in [6.07, 6.45) is 8.70. The Morgan fingerprint density at radius 1 is 1.03 bits per heavy atom. The molecule has 2 aromatic carbocycles. The maximum atomic E-state index is 6.37. The number of nitrogens with one attached hydrogen (secondary N) is 1. The molecule has 1 spiro atoms.